The molecular formula is C18H20N4O2. The van der Waals surface area contributed by atoms with Crippen LogP contribution in [-0.4, -0.2) is 34.0 Å². The van der Waals surface area contributed by atoms with Gasteiger partial charge in [-0.1, -0.05) is 6.42 Å². The first kappa shape index (κ1) is 14.9. The first-order valence-corrected chi connectivity index (χ1v) is 8.38. The van der Waals surface area contributed by atoms with Gasteiger partial charge in [0.25, 0.3) is 0 Å². The highest BCUT2D eigenvalue weighted by Crippen LogP contribution is 2.37. The molecule has 2 amide bonds. The Balaban J connectivity index is 1.34. The van der Waals surface area contributed by atoms with Gasteiger partial charge >= 0.3 is 6.03 Å². The Kier molecular flexibility index (Phi) is 4.02. The molecule has 2 aromatic rings. The number of carbonyl (C=O) groups is 1. The molecule has 1 aliphatic carbocycles. The summed E-state index contributed by atoms with van der Waals surface area (Å²) in [6, 6.07) is 7.12. The van der Waals surface area contributed by atoms with Gasteiger partial charge < -0.3 is 15.0 Å². The van der Waals surface area contributed by atoms with Crippen molar-refractivity contribution in [1.29, 1.82) is 0 Å². The van der Waals surface area contributed by atoms with Crippen molar-refractivity contribution in [3.8, 4) is 11.6 Å². The average molecular weight is 324 g/mol. The van der Waals surface area contributed by atoms with Gasteiger partial charge in [0, 0.05) is 25.4 Å². The van der Waals surface area contributed by atoms with Gasteiger partial charge in [0.2, 0.25) is 5.88 Å². The highest BCUT2D eigenvalue weighted by atomic mass is 16.5. The monoisotopic (exact) mass is 324 g/mol. The van der Waals surface area contributed by atoms with Crippen molar-refractivity contribution in [1.82, 2.24) is 14.9 Å². The molecule has 0 spiro atoms. The number of likely N-dealkylation sites (tertiary alicyclic amines) is 1. The Labute approximate surface area is 140 Å². The number of nitrogens with one attached hydrogen (secondary N) is 1. The van der Waals surface area contributed by atoms with Crippen molar-refractivity contribution in [2.75, 3.05) is 18.4 Å². The van der Waals surface area contributed by atoms with Crippen LogP contribution in [0.1, 0.15) is 19.3 Å². The third-order valence-corrected chi connectivity index (χ3v) is 4.86. The van der Waals surface area contributed by atoms with Gasteiger partial charge in [0.1, 0.15) is 5.75 Å². The fraction of sp³-hybridized carbons (Fsp3) is 0.389. The summed E-state index contributed by atoms with van der Waals surface area (Å²) in [6.07, 6.45) is 8.76. The number of anilines is 1. The van der Waals surface area contributed by atoms with Crippen LogP contribution in [0.5, 0.6) is 11.6 Å². The topological polar surface area (TPSA) is 67.3 Å². The van der Waals surface area contributed by atoms with Crippen molar-refractivity contribution in [2.45, 2.75) is 19.3 Å². The molecule has 1 N–H and O–H groups in total. The van der Waals surface area contributed by atoms with Crippen LogP contribution in [0, 0.1) is 11.8 Å². The zero-order chi connectivity index (χ0) is 16.4. The van der Waals surface area contributed by atoms with Gasteiger partial charge in [0.05, 0.1) is 18.1 Å². The molecule has 2 aromatic heterocycles. The second kappa shape index (κ2) is 6.47. The number of fused-ring (bicyclic) bond motifs is 1. The van der Waals surface area contributed by atoms with E-state index < -0.39 is 0 Å². The third-order valence-electron chi connectivity index (χ3n) is 4.86. The molecule has 2 atom stereocenters. The van der Waals surface area contributed by atoms with E-state index in [1.165, 1.54) is 19.3 Å². The van der Waals surface area contributed by atoms with Crippen molar-refractivity contribution in [2.24, 2.45) is 11.8 Å². The number of carbonyl (C=O) groups excluding carboxylic acids is 1. The maximum atomic E-state index is 12.4. The number of rotatable bonds is 3. The summed E-state index contributed by atoms with van der Waals surface area (Å²) in [4.78, 5) is 22.5. The van der Waals surface area contributed by atoms with E-state index >= 15 is 0 Å². The Morgan fingerprint density at radius 3 is 2.67 bits per heavy atom. The number of ether oxygens (including phenoxy) is 1. The SMILES string of the molecule is O=C(Nc1ccc(Oc2cccnc2)nc1)N1C[C@@H]2CCC[C@H]2C1. The van der Waals surface area contributed by atoms with E-state index in [0.717, 1.165) is 13.1 Å². The van der Waals surface area contributed by atoms with Crippen LogP contribution >= 0.6 is 0 Å². The number of pyridine rings is 2. The van der Waals surface area contributed by atoms with E-state index in [9.17, 15) is 4.79 Å². The molecule has 0 unspecified atom stereocenters. The second-order valence-electron chi connectivity index (χ2n) is 6.46. The Morgan fingerprint density at radius 1 is 1.17 bits per heavy atom. The van der Waals surface area contributed by atoms with Gasteiger partial charge in [-0.3, -0.25) is 4.98 Å². The van der Waals surface area contributed by atoms with E-state index in [-0.39, 0.29) is 6.03 Å². The van der Waals surface area contributed by atoms with Crippen LogP contribution < -0.4 is 10.1 Å². The maximum Gasteiger partial charge on any atom is 0.321 e. The van der Waals surface area contributed by atoms with E-state index in [2.05, 4.69) is 15.3 Å². The lowest BCUT2D eigenvalue weighted by Crippen LogP contribution is -2.33. The van der Waals surface area contributed by atoms with Gasteiger partial charge in [-0.2, -0.15) is 0 Å². The number of amides is 2. The molecule has 0 bridgehead atoms. The smallest absolute Gasteiger partial charge is 0.321 e. The molecule has 2 fully saturated rings. The molecule has 6 nitrogen and oxygen atoms in total. The summed E-state index contributed by atoms with van der Waals surface area (Å²) >= 11 is 0. The molecule has 0 radical (unpaired) electrons. The predicted molar refractivity (Wildman–Crippen MR) is 90.0 cm³/mol. The third kappa shape index (κ3) is 3.18. The summed E-state index contributed by atoms with van der Waals surface area (Å²) in [5.41, 5.74) is 0.676. The quantitative estimate of drug-likeness (QED) is 0.938. The summed E-state index contributed by atoms with van der Waals surface area (Å²) in [6.45, 7) is 1.76. The molecule has 1 saturated heterocycles. The molecule has 3 heterocycles. The standard InChI is InChI=1S/C18H20N4O2/c23-18(22-11-13-3-1-4-14(13)12-22)21-15-6-7-17(20-9-15)24-16-5-2-8-19-10-16/h2,5-10,13-14H,1,3-4,11-12H2,(H,21,23)/t13-,14-/m0/s1. The van der Waals surface area contributed by atoms with Crippen LogP contribution in [0.25, 0.3) is 0 Å². The van der Waals surface area contributed by atoms with E-state index in [1.807, 2.05) is 11.0 Å². The van der Waals surface area contributed by atoms with E-state index in [1.54, 1.807) is 36.8 Å². The molecule has 24 heavy (non-hydrogen) atoms. The number of hydrogen-bond acceptors (Lipinski definition) is 4. The molecule has 4 rings (SSSR count). The van der Waals surface area contributed by atoms with Crippen LogP contribution in [0.2, 0.25) is 0 Å². The summed E-state index contributed by atoms with van der Waals surface area (Å²) in [5.74, 6) is 2.50. The summed E-state index contributed by atoms with van der Waals surface area (Å²) < 4.78 is 5.59. The lowest BCUT2D eigenvalue weighted by molar-refractivity contribution is 0.219. The minimum absolute atomic E-state index is 0.0351. The van der Waals surface area contributed by atoms with Gasteiger partial charge in [0.15, 0.2) is 0 Å². The van der Waals surface area contributed by atoms with Gasteiger partial charge in [-0.05, 0) is 42.9 Å². The fourth-order valence-corrected chi connectivity index (χ4v) is 3.65. The Bertz CT molecular complexity index is 693. The van der Waals surface area contributed by atoms with Crippen molar-refractivity contribution in [3.05, 3.63) is 42.9 Å². The average Bonchev–Trinajstić information content (AvgIpc) is 3.19. The zero-order valence-corrected chi connectivity index (χ0v) is 13.4. The van der Waals surface area contributed by atoms with Gasteiger partial charge in [-0.15, -0.1) is 0 Å². The first-order valence-electron chi connectivity index (χ1n) is 8.38. The lowest BCUT2D eigenvalue weighted by atomic mass is 10.0. The highest BCUT2D eigenvalue weighted by molar-refractivity contribution is 5.89. The van der Waals surface area contributed by atoms with Gasteiger partial charge in [-0.25, -0.2) is 9.78 Å². The number of hydrogen-bond donors (Lipinski definition) is 1. The molecule has 0 aromatic carbocycles. The second-order valence-corrected chi connectivity index (χ2v) is 6.46. The summed E-state index contributed by atoms with van der Waals surface area (Å²) in [7, 11) is 0. The van der Waals surface area contributed by atoms with E-state index in [4.69, 9.17) is 4.74 Å². The Hall–Kier alpha value is -2.63. The summed E-state index contributed by atoms with van der Waals surface area (Å²) in [5, 5.41) is 2.92. The maximum absolute atomic E-state index is 12.4. The van der Waals surface area contributed by atoms with Crippen molar-refractivity contribution in [3.63, 3.8) is 0 Å². The van der Waals surface area contributed by atoms with Crippen LogP contribution in [-0.2, 0) is 0 Å². The minimum atomic E-state index is -0.0351. The largest absolute Gasteiger partial charge is 0.437 e. The molecule has 6 heteroatoms. The molecule has 2 aliphatic rings. The highest BCUT2D eigenvalue weighted by Gasteiger charge is 2.37. The first-order chi connectivity index (χ1) is 11.8. The van der Waals surface area contributed by atoms with Crippen LogP contribution in [0.4, 0.5) is 10.5 Å². The number of aromatic nitrogens is 2. The predicted octanol–water partition coefficient (Wildman–Crippen LogP) is 3.53. The number of nitrogens with zero attached hydrogens (tertiary/aromatic N) is 3. The zero-order valence-electron chi connectivity index (χ0n) is 13.4. The lowest BCUT2D eigenvalue weighted by Gasteiger charge is -2.18. The fourth-order valence-electron chi connectivity index (χ4n) is 3.65. The molecule has 1 aliphatic heterocycles. The van der Waals surface area contributed by atoms with Crippen LogP contribution in [0.3, 0.4) is 0 Å². The van der Waals surface area contributed by atoms with Crippen molar-refractivity contribution >= 4 is 11.7 Å². The van der Waals surface area contributed by atoms with Crippen molar-refractivity contribution < 1.29 is 9.53 Å². The number of urea groups is 1. The molecular weight excluding hydrogens is 304 g/mol. The van der Waals surface area contributed by atoms with E-state index in [0.29, 0.717) is 29.2 Å². The molecule has 124 valence electrons. The molecule has 1 saturated carbocycles. The minimum Gasteiger partial charge on any atom is -0.437 e. The Morgan fingerprint density at radius 2 is 2.00 bits per heavy atom. The van der Waals surface area contributed by atoms with Crippen LogP contribution in [0.15, 0.2) is 42.9 Å². The normalized spacial score (nSPS) is 22.2.